The molecule has 2 aromatic carbocycles. The Morgan fingerprint density at radius 1 is 1.08 bits per heavy atom. The number of benzene rings is 2. The number of carbonyl (C=O) groups is 2. The molecule has 0 saturated heterocycles. The van der Waals surface area contributed by atoms with Crippen LogP contribution in [-0.2, 0) is 4.84 Å². The summed E-state index contributed by atoms with van der Waals surface area (Å²) in [5, 5.41) is 4.72. The molecule has 0 saturated carbocycles. The number of halogens is 1. The molecule has 120 valence electrons. The second kappa shape index (κ2) is 6.72. The van der Waals surface area contributed by atoms with Gasteiger partial charge in [0.25, 0.3) is 11.8 Å². The summed E-state index contributed by atoms with van der Waals surface area (Å²) in [5.41, 5.74) is 9.85. The Morgan fingerprint density at radius 3 is 2.25 bits per heavy atom. The third kappa shape index (κ3) is 2.83. The number of hydroxylamine groups is 2. The van der Waals surface area contributed by atoms with Crippen LogP contribution in [0.2, 0.25) is 5.02 Å². The number of imide groups is 1. The minimum atomic E-state index is -0.770. The summed E-state index contributed by atoms with van der Waals surface area (Å²) in [5.74, 6) is -1.09. The smallest absolute Gasteiger partial charge is 0.266 e. The van der Waals surface area contributed by atoms with E-state index >= 15 is 0 Å². The molecule has 1 heterocycles. The lowest BCUT2D eigenvalue weighted by Crippen LogP contribution is -2.31. The molecule has 2 aromatic rings. The minimum Gasteiger partial charge on any atom is -0.266 e. The summed E-state index contributed by atoms with van der Waals surface area (Å²) in [6.45, 7) is -0.195. The largest absolute Gasteiger partial charge is 0.285 e. The summed E-state index contributed by atoms with van der Waals surface area (Å²) in [4.78, 5) is 32.6. The fraction of sp³-hybridized carbons (Fsp3) is 0.125. The zero-order valence-corrected chi connectivity index (χ0v) is 13.1. The van der Waals surface area contributed by atoms with Crippen LogP contribution < -0.4 is 0 Å². The highest BCUT2D eigenvalue weighted by Crippen LogP contribution is 2.28. The van der Waals surface area contributed by atoms with Gasteiger partial charge in [-0.25, -0.2) is 0 Å². The van der Waals surface area contributed by atoms with Gasteiger partial charge in [0.15, 0.2) is 0 Å². The van der Waals surface area contributed by atoms with Crippen LogP contribution in [0.1, 0.15) is 32.3 Å². The maximum absolute atomic E-state index is 12.2. The first-order chi connectivity index (χ1) is 11.6. The van der Waals surface area contributed by atoms with Gasteiger partial charge in [0, 0.05) is 9.93 Å². The molecule has 2 amide bonds. The molecule has 1 atom stereocenters. The number of amides is 2. The second-order valence-electron chi connectivity index (χ2n) is 4.99. The van der Waals surface area contributed by atoms with Crippen molar-refractivity contribution in [2.75, 3.05) is 6.61 Å². The van der Waals surface area contributed by atoms with Crippen molar-refractivity contribution < 1.29 is 14.4 Å². The van der Waals surface area contributed by atoms with Gasteiger partial charge in [-0.1, -0.05) is 47.0 Å². The van der Waals surface area contributed by atoms with Crippen molar-refractivity contribution in [1.82, 2.24) is 5.06 Å². The van der Waals surface area contributed by atoms with Crippen molar-refractivity contribution in [2.45, 2.75) is 6.04 Å². The third-order valence-corrected chi connectivity index (χ3v) is 3.92. The van der Waals surface area contributed by atoms with Gasteiger partial charge in [0.05, 0.1) is 23.8 Å². The third-order valence-electron chi connectivity index (χ3n) is 3.57. The van der Waals surface area contributed by atoms with E-state index in [2.05, 4.69) is 10.0 Å². The first kappa shape index (κ1) is 16.0. The Morgan fingerprint density at radius 2 is 1.67 bits per heavy atom. The minimum absolute atomic E-state index is 0.195. The lowest BCUT2D eigenvalue weighted by atomic mass is 10.1. The summed E-state index contributed by atoms with van der Waals surface area (Å²) >= 11 is 6.09. The van der Waals surface area contributed by atoms with E-state index in [4.69, 9.17) is 22.0 Å². The maximum atomic E-state index is 12.2. The quantitative estimate of drug-likeness (QED) is 0.356. The molecule has 24 heavy (non-hydrogen) atoms. The Balaban J connectivity index is 1.80. The molecular formula is C16H11ClN4O3. The van der Waals surface area contributed by atoms with E-state index in [-0.39, 0.29) is 17.7 Å². The molecule has 7 nitrogen and oxygen atoms in total. The maximum Gasteiger partial charge on any atom is 0.285 e. The Hall–Kier alpha value is -2.86. The van der Waals surface area contributed by atoms with Crippen LogP contribution in [0.4, 0.5) is 0 Å². The number of fused-ring (bicyclic) bond motifs is 1. The summed E-state index contributed by atoms with van der Waals surface area (Å²) in [7, 11) is 0. The van der Waals surface area contributed by atoms with Crippen LogP contribution in [0.5, 0.6) is 0 Å². The van der Waals surface area contributed by atoms with Crippen molar-refractivity contribution in [3.05, 3.63) is 80.7 Å². The number of carbonyl (C=O) groups excluding carboxylic acids is 2. The number of hydrogen-bond acceptors (Lipinski definition) is 4. The molecule has 1 aliphatic heterocycles. The molecule has 1 aliphatic rings. The second-order valence-corrected chi connectivity index (χ2v) is 5.40. The van der Waals surface area contributed by atoms with Crippen molar-refractivity contribution in [3.8, 4) is 0 Å². The molecule has 0 spiro atoms. The van der Waals surface area contributed by atoms with Crippen molar-refractivity contribution in [3.63, 3.8) is 0 Å². The van der Waals surface area contributed by atoms with Crippen LogP contribution in [0.25, 0.3) is 10.4 Å². The molecule has 3 rings (SSSR count). The molecule has 0 N–H and O–H groups in total. The van der Waals surface area contributed by atoms with E-state index in [0.717, 1.165) is 0 Å². The van der Waals surface area contributed by atoms with Crippen LogP contribution in [0.15, 0.2) is 53.6 Å². The molecule has 0 radical (unpaired) electrons. The SMILES string of the molecule is [N-]=[N+]=NC(CON1C(=O)c2ccccc2C1=O)c1ccccc1Cl. The Kier molecular flexibility index (Phi) is 4.48. The summed E-state index contributed by atoms with van der Waals surface area (Å²) < 4.78 is 0. The molecule has 8 heteroatoms. The lowest BCUT2D eigenvalue weighted by molar-refractivity contribution is -0.0955. The normalized spacial score (nSPS) is 14.3. The van der Waals surface area contributed by atoms with E-state index in [0.29, 0.717) is 15.6 Å². The molecule has 0 bridgehead atoms. The predicted octanol–water partition coefficient (Wildman–Crippen LogP) is 3.92. The van der Waals surface area contributed by atoms with Crippen LogP contribution in [0, 0.1) is 0 Å². The fourth-order valence-corrected chi connectivity index (χ4v) is 2.68. The van der Waals surface area contributed by atoms with E-state index in [1.54, 1.807) is 48.5 Å². The van der Waals surface area contributed by atoms with E-state index in [1.165, 1.54) is 0 Å². The molecule has 0 aliphatic carbocycles. The Labute approximate surface area is 142 Å². The van der Waals surface area contributed by atoms with Crippen molar-refractivity contribution in [1.29, 1.82) is 0 Å². The van der Waals surface area contributed by atoms with Crippen molar-refractivity contribution in [2.24, 2.45) is 5.11 Å². The van der Waals surface area contributed by atoms with Gasteiger partial charge in [0.1, 0.15) is 0 Å². The lowest BCUT2D eigenvalue weighted by Gasteiger charge is -2.18. The Bertz CT molecular complexity index is 829. The topological polar surface area (TPSA) is 95.4 Å². The number of hydrogen-bond donors (Lipinski definition) is 0. The zero-order chi connectivity index (χ0) is 17.1. The molecule has 0 aromatic heterocycles. The number of rotatable bonds is 5. The van der Waals surface area contributed by atoms with Gasteiger partial charge in [-0.15, -0.1) is 5.06 Å². The van der Waals surface area contributed by atoms with Gasteiger partial charge < -0.3 is 0 Å². The standard InChI is InChI=1S/C16H11ClN4O3/c17-13-8-4-3-7-12(13)14(19-20-18)9-24-21-15(22)10-5-1-2-6-11(10)16(21)23/h1-8,14H,9H2. The van der Waals surface area contributed by atoms with E-state index < -0.39 is 17.9 Å². The monoisotopic (exact) mass is 342 g/mol. The van der Waals surface area contributed by atoms with Crippen molar-refractivity contribution >= 4 is 23.4 Å². The fourth-order valence-electron chi connectivity index (χ4n) is 2.42. The molecule has 1 unspecified atom stereocenters. The first-order valence-electron chi connectivity index (χ1n) is 7.03. The summed E-state index contributed by atoms with van der Waals surface area (Å²) in [6.07, 6.45) is 0. The van der Waals surface area contributed by atoms with E-state index in [1.807, 2.05) is 0 Å². The predicted molar refractivity (Wildman–Crippen MR) is 86.2 cm³/mol. The van der Waals surface area contributed by atoms with Gasteiger partial charge in [0.2, 0.25) is 0 Å². The highest BCUT2D eigenvalue weighted by atomic mass is 35.5. The van der Waals surface area contributed by atoms with Gasteiger partial charge >= 0.3 is 0 Å². The van der Waals surface area contributed by atoms with Crippen LogP contribution >= 0.6 is 11.6 Å². The average Bonchev–Trinajstić information content (AvgIpc) is 2.84. The molecule has 0 fully saturated rings. The van der Waals surface area contributed by atoms with Crippen LogP contribution in [0.3, 0.4) is 0 Å². The van der Waals surface area contributed by atoms with E-state index in [9.17, 15) is 9.59 Å². The zero-order valence-electron chi connectivity index (χ0n) is 12.3. The summed E-state index contributed by atoms with van der Waals surface area (Å²) in [6, 6.07) is 12.5. The highest BCUT2D eigenvalue weighted by Gasteiger charge is 2.37. The highest BCUT2D eigenvalue weighted by molar-refractivity contribution is 6.31. The molecular weight excluding hydrogens is 332 g/mol. The van der Waals surface area contributed by atoms with Gasteiger partial charge in [-0.05, 0) is 29.3 Å². The number of nitrogens with zero attached hydrogens (tertiary/aromatic N) is 4. The van der Waals surface area contributed by atoms with Gasteiger partial charge in [-0.3, -0.25) is 14.4 Å². The van der Waals surface area contributed by atoms with Crippen LogP contribution in [-0.4, -0.2) is 23.5 Å². The first-order valence-corrected chi connectivity index (χ1v) is 7.40. The number of azide groups is 1. The van der Waals surface area contributed by atoms with Gasteiger partial charge in [-0.2, -0.15) is 0 Å². The average molecular weight is 343 g/mol.